The molecule has 0 aromatic carbocycles. The van der Waals surface area contributed by atoms with Gasteiger partial charge in [0.1, 0.15) is 11.4 Å². The van der Waals surface area contributed by atoms with Gasteiger partial charge in [0.05, 0.1) is 6.54 Å². The summed E-state index contributed by atoms with van der Waals surface area (Å²) in [4.78, 5) is 40.7. The van der Waals surface area contributed by atoms with E-state index >= 15 is 0 Å². The predicted octanol–water partition coefficient (Wildman–Crippen LogP) is 0.834. The number of Topliss-reactive ketones (excluding diaryl/α,β-unsaturated/α-hetero) is 1. The zero-order chi connectivity index (χ0) is 17.0. The quantitative estimate of drug-likeness (QED) is 0.756. The average molecular weight is 322 g/mol. The molecule has 1 aromatic rings. The van der Waals surface area contributed by atoms with Crippen molar-refractivity contribution < 1.29 is 4.79 Å². The van der Waals surface area contributed by atoms with Gasteiger partial charge in [-0.25, -0.2) is 4.79 Å². The molecule has 0 spiro atoms. The summed E-state index contributed by atoms with van der Waals surface area (Å²) in [5.41, 5.74) is 4.60. The number of carbonyl (C=O) groups is 1. The first kappa shape index (κ1) is 17.5. The maximum Gasteiger partial charge on any atom is 0.329 e. The number of H-pyrrole nitrogens is 1. The molecule has 1 atom stereocenters. The van der Waals surface area contributed by atoms with Gasteiger partial charge in [0.2, 0.25) is 0 Å². The molecule has 1 fully saturated rings. The number of nitrogens with zero attached hydrogens (tertiary/aromatic N) is 2. The van der Waals surface area contributed by atoms with Crippen LogP contribution in [0.2, 0.25) is 0 Å². The van der Waals surface area contributed by atoms with Gasteiger partial charge in [0.15, 0.2) is 5.78 Å². The smallest absolute Gasteiger partial charge is 0.329 e. The van der Waals surface area contributed by atoms with Crippen LogP contribution in [0.1, 0.15) is 49.9 Å². The van der Waals surface area contributed by atoms with Crippen LogP contribution >= 0.6 is 0 Å². The molecule has 7 heteroatoms. The molecule has 0 aliphatic carbocycles. The molecule has 1 aromatic heterocycles. The highest BCUT2D eigenvalue weighted by molar-refractivity contribution is 6.01. The summed E-state index contributed by atoms with van der Waals surface area (Å²) in [5, 5.41) is 0. The van der Waals surface area contributed by atoms with Crippen LogP contribution < -0.4 is 17.0 Å². The molecule has 1 saturated heterocycles. The molecule has 3 N–H and O–H groups in total. The maximum absolute atomic E-state index is 12.6. The van der Waals surface area contributed by atoms with E-state index in [4.69, 9.17) is 5.73 Å². The minimum Gasteiger partial charge on any atom is -0.384 e. The Morgan fingerprint density at radius 1 is 1.35 bits per heavy atom. The Balaban J connectivity index is 2.24. The number of nitrogens with two attached hydrogens (primary N) is 1. The fourth-order valence-electron chi connectivity index (χ4n) is 3.21. The van der Waals surface area contributed by atoms with Crippen molar-refractivity contribution in [1.29, 1.82) is 0 Å². The van der Waals surface area contributed by atoms with Gasteiger partial charge < -0.3 is 5.73 Å². The van der Waals surface area contributed by atoms with E-state index in [9.17, 15) is 14.4 Å². The van der Waals surface area contributed by atoms with Crippen LogP contribution in [0.4, 0.5) is 5.82 Å². The number of likely N-dealkylation sites (tertiary alicyclic amines) is 1. The molecule has 2 rings (SSSR count). The summed E-state index contributed by atoms with van der Waals surface area (Å²) >= 11 is 0. The third kappa shape index (κ3) is 3.90. The van der Waals surface area contributed by atoms with Crippen molar-refractivity contribution in [1.82, 2.24) is 14.5 Å². The van der Waals surface area contributed by atoms with Gasteiger partial charge in [-0.05, 0) is 31.7 Å². The van der Waals surface area contributed by atoms with Crippen LogP contribution in [-0.2, 0) is 6.54 Å². The number of aromatic amines is 1. The SMILES string of the molecule is CCCn1c(N)c(C(=O)CN2CCCC(CC)C2)c(=O)[nH]c1=O. The van der Waals surface area contributed by atoms with E-state index in [-0.39, 0.29) is 23.7 Å². The first-order valence-corrected chi connectivity index (χ1v) is 8.36. The largest absolute Gasteiger partial charge is 0.384 e. The summed E-state index contributed by atoms with van der Waals surface area (Å²) in [6.07, 6.45) is 4.03. The number of ketones is 1. The van der Waals surface area contributed by atoms with E-state index in [1.807, 2.05) is 6.92 Å². The van der Waals surface area contributed by atoms with Gasteiger partial charge in [-0.15, -0.1) is 0 Å². The molecule has 1 aliphatic heterocycles. The molecular formula is C16H26N4O3. The molecule has 2 heterocycles. The van der Waals surface area contributed by atoms with Gasteiger partial charge >= 0.3 is 5.69 Å². The van der Waals surface area contributed by atoms with Crippen LogP contribution in [0.5, 0.6) is 0 Å². The molecule has 1 aliphatic rings. The highest BCUT2D eigenvalue weighted by Crippen LogP contribution is 2.19. The lowest BCUT2D eigenvalue weighted by Gasteiger charge is -2.31. The molecular weight excluding hydrogens is 296 g/mol. The number of hydrogen-bond donors (Lipinski definition) is 2. The van der Waals surface area contributed by atoms with Crippen LogP contribution in [0.25, 0.3) is 0 Å². The second-order valence-corrected chi connectivity index (χ2v) is 6.25. The Morgan fingerprint density at radius 3 is 2.74 bits per heavy atom. The first-order valence-electron chi connectivity index (χ1n) is 8.36. The third-order valence-corrected chi connectivity index (χ3v) is 4.51. The molecule has 7 nitrogen and oxygen atoms in total. The predicted molar refractivity (Wildman–Crippen MR) is 89.8 cm³/mol. The number of rotatable bonds is 6. The summed E-state index contributed by atoms with van der Waals surface area (Å²) < 4.78 is 1.26. The van der Waals surface area contributed by atoms with Crippen LogP contribution in [0.15, 0.2) is 9.59 Å². The van der Waals surface area contributed by atoms with Gasteiger partial charge in [0, 0.05) is 13.1 Å². The second kappa shape index (κ2) is 7.59. The summed E-state index contributed by atoms with van der Waals surface area (Å²) in [5.74, 6) is 0.265. The van der Waals surface area contributed by atoms with E-state index in [0.29, 0.717) is 18.9 Å². The van der Waals surface area contributed by atoms with Crippen molar-refractivity contribution in [2.75, 3.05) is 25.4 Å². The summed E-state index contributed by atoms with van der Waals surface area (Å²) in [6.45, 7) is 6.33. The molecule has 0 bridgehead atoms. The van der Waals surface area contributed by atoms with Crippen molar-refractivity contribution in [2.45, 2.75) is 46.1 Å². The zero-order valence-electron chi connectivity index (χ0n) is 13.9. The molecule has 128 valence electrons. The molecule has 23 heavy (non-hydrogen) atoms. The number of nitrogens with one attached hydrogen (secondary N) is 1. The van der Waals surface area contributed by atoms with Crippen LogP contribution in [0.3, 0.4) is 0 Å². The molecule has 1 unspecified atom stereocenters. The van der Waals surface area contributed by atoms with Crippen LogP contribution in [0, 0.1) is 5.92 Å². The molecule has 0 saturated carbocycles. The Morgan fingerprint density at radius 2 is 2.09 bits per heavy atom. The standard InChI is InChI=1S/C16H26N4O3/c1-3-7-20-14(17)13(15(22)18-16(20)23)12(21)10-19-8-5-6-11(4-2)9-19/h11H,3-10,17H2,1-2H3,(H,18,22,23). The highest BCUT2D eigenvalue weighted by Gasteiger charge is 2.24. The van der Waals surface area contributed by atoms with Crippen molar-refractivity contribution >= 4 is 11.6 Å². The van der Waals surface area contributed by atoms with Gasteiger partial charge in [-0.3, -0.25) is 24.0 Å². The fraction of sp³-hybridized carbons (Fsp3) is 0.688. The van der Waals surface area contributed by atoms with Crippen molar-refractivity contribution in [2.24, 2.45) is 5.92 Å². The number of piperidine rings is 1. The molecule has 0 amide bonds. The van der Waals surface area contributed by atoms with Crippen molar-refractivity contribution in [3.63, 3.8) is 0 Å². The van der Waals surface area contributed by atoms with E-state index in [2.05, 4.69) is 16.8 Å². The Labute approximate surface area is 135 Å². The number of aromatic nitrogens is 2. The topological polar surface area (TPSA) is 101 Å². The maximum atomic E-state index is 12.6. The highest BCUT2D eigenvalue weighted by atomic mass is 16.2. The Kier molecular flexibility index (Phi) is 5.76. The van der Waals surface area contributed by atoms with E-state index in [0.717, 1.165) is 25.9 Å². The number of anilines is 1. The van der Waals surface area contributed by atoms with Gasteiger partial charge in [-0.2, -0.15) is 0 Å². The number of carbonyl (C=O) groups excluding carboxylic acids is 1. The van der Waals surface area contributed by atoms with Crippen LogP contribution in [-0.4, -0.2) is 39.9 Å². The summed E-state index contributed by atoms with van der Waals surface area (Å²) in [7, 11) is 0. The average Bonchev–Trinajstić information content (AvgIpc) is 2.51. The van der Waals surface area contributed by atoms with E-state index in [1.54, 1.807) is 0 Å². The minimum atomic E-state index is -0.686. The van der Waals surface area contributed by atoms with Crippen molar-refractivity contribution in [3.05, 3.63) is 26.4 Å². The molecule has 0 radical (unpaired) electrons. The normalized spacial score (nSPS) is 19.0. The lowest BCUT2D eigenvalue weighted by molar-refractivity contribution is 0.0883. The second-order valence-electron chi connectivity index (χ2n) is 6.25. The number of hydrogen-bond acceptors (Lipinski definition) is 5. The van der Waals surface area contributed by atoms with E-state index < -0.39 is 11.2 Å². The van der Waals surface area contributed by atoms with Gasteiger partial charge in [-0.1, -0.05) is 20.3 Å². The lowest BCUT2D eigenvalue weighted by atomic mass is 9.95. The first-order chi connectivity index (χ1) is 11.0. The third-order valence-electron chi connectivity index (χ3n) is 4.51. The minimum absolute atomic E-state index is 0.0188. The monoisotopic (exact) mass is 322 g/mol. The lowest BCUT2D eigenvalue weighted by Crippen LogP contribution is -2.42. The fourth-order valence-corrected chi connectivity index (χ4v) is 3.21. The number of nitrogen functional groups attached to an aromatic ring is 1. The zero-order valence-corrected chi connectivity index (χ0v) is 13.9. The summed E-state index contributed by atoms with van der Waals surface area (Å²) in [6, 6.07) is 0. The van der Waals surface area contributed by atoms with Gasteiger partial charge in [0.25, 0.3) is 5.56 Å². The Bertz CT molecular complexity index is 677. The van der Waals surface area contributed by atoms with Crippen molar-refractivity contribution in [3.8, 4) is 0 Å². The van der Waals surface area contributed by atoms with E-state index in [1.165, 1.54) is 11.0 Å². The Hall–Kier alpha value is -1.89.